The molecule has 1 aliphatic rings. The van der Waals surface area contributed by atoms with E-state index in [1.54, 1.807) is 12.1 Å². The maximum Gasteiger partial charge on any atom is 0.165 e. The van der Waals surface area contributed by atoms with Gasteiger partial charge in [-0.3, -0.25) is 5.41 Å². The van der Waals surface area contributed by atoms with Crippen molar-refractivity contribution in [1.82, 2.24) is 0 Å². The van der Waals surface area contributed by atoms with Crippen molar-refractivity contribution < 1.29 is 9.13 Å². The van der Waals surface area contributed by atoms with Gasteiger partial charge in [-0.15, -0.1) is 0 Å². The van der Waals surface area contributed by atoms with E-state index in [1.807, 2.05) is 0 Å². The molecule has 1 aliphatic carbocycles. The standard InChI is InChI=1S/C16H23FN2O/c1-10-6-12(9-16(2,3)8-10)20-14-5-4-11(15(18)19)7-13(14)17/h4-5,7,10,12H,6,8-9H2,1-3H3,(H3,18,19). The summed E-state index contributed by atoms with van der Waals surface area (Å²) < 4.78 is 19.8. The van der Waals surface area contributed by atoms with Gasteiger partial charge in [-0.2, -0.15) is 0 Å². The summed E-state index contributed by atoms with van der Waals surface area (Å²) in [7, 11) is 0. The molecule has 0 spiro atoms. The first-order valence-electron chi connectivity index (χ1n) is 7.07. The highest BCUT2D eigenvalue weighted by Crippen LogP contribution is 2.40. The van der Waals surface area contributed by atoms with E-state index >= 15 is 0 Å². The van der Waals surface area contributed by atoms with E-state index in [4.69, 9.17) is 15.9 Å². The number of nitrogens with one attached hydrogen (secondary N) is 1. The summed E-state index contributed by atoms with van der Waals surface area (Å²) in [6.45, 7) is 6.68. The SMILES string of the molecule is CC1CC(Oc2ccc(C(=N)N)cc2F)CC(C)(C)C1. The van der Waals surface area contributed by atoms with Gasteiger partial charge in [0.15, 0.2) is 11.6 Å². The van der Waals surface area contributed by atoms with Crippen molar-refractivity contribution in [2.75, 3.05) is 0 Å². The van der Waals surface area contributed by atoms with Crippen molar-refractivity contribution in [2.24, 2.45) is 17.1 Å². The fourth-order valence-corrected chi connectivity index (χ4v) is 3.29. The number of ether oxygens (including phenoxy) is 1. The molecular weight excluding hydrogens is 255 g/mol. The number of hydrogen-bond donors (Lipinski definition) is 2. The molecule has 20 heavy (non-hydrogen) atoms. The molecule has 0 bridgehead atoms. The van der Waals surface area contributed by atoms with Gasteiger partial charge in [0.05, 0.1) is 6.10 Å². The molecule has 0 aromatic heterocycles. The van der Waals surface area contributed by atoms with Crippen LogP contribution in [0.5, 0.6) is 5.75 Å². The van der Waals surface area contributed by atoms with Crippen LogP contribution in [0.15, 0.2) is 18.2 Å². The Morgan fingerprint density at radius 2 is 2.10 bits per heavy atom. The van der Waals surface area contributed by atoms with Crippen LogP contribution < -0.4 is 10.5 Å². The van der Waals surface area contributed by atoms with Gasteiger partial charge in [0, 0.05) is 5.56 Å². The van der Waals surface area contributed by atoms with E-state index in [0.29, 0.717) is 11.5 Å². The van der Waals surface area contributed by atoms with Crippen molar-refractivity contribution in [3.8, 4) is 5.75 Å². The van der Waals surface area contributed by atoms with Crippen LogP contribution in [-0.4, -0.2) is 11.9 Å². The Hall–Kier alpha value is -1.58. The maximum absolute atomic E-state index is 14.0. The van der Waals surface area contributed by atoms with E-state index in [1.165, 1.54) is 12.5 Å². The fourth-order valence-electron chi connectivity index (χ4n) is 3.29. The van der Waals surface area contributed by atoms with Gasteiger partial charge < -0.3 is 10.5 Å². The first-order chi connectivity index (χ1) is 9.27. The third-order valence-corrected chi connectivity index (χ3v) is 3.88. The summed E-state index contributed by atoms with van der Waals surface area (Å²) in [5.41, 5.74) is 5.96. The highest BCUT2D eigenvalue weighted by Gasteiger charge is 2.33. The highest BCUT2D eigenvalue weighted by molar-refractivity contribution is 5.95. The molecule has 0 radical (unpaired) electrons. The summed E-state index contributed by atoms with van der Waals surface area (Å²) in [4.78, 5) is 0. The molecular formula is C16H23FN2O. The van der Waals surface area contributed by atoms with Gasteiger partial charge in [-0.1, -0.05) is 20.8 Å². The number of hydrogen-bond acceptors (Lipinski definition) is 2. The Labute approximate surface area is 119 Å². The van der Waals surface area contributed by atoms with Gasteiger partial charge in [-0.25, -0.2) is 4.39 Å². The summed E-state index contributed by atoms with van der Waals surface area (Å²) in [5.74, 6) is 0.254. The molecule has 3 N–H and O–H groups in total. The Bertz CT molecular complexity index is 513. The lowest BCUT2D eigenvalue weighted by Crippen LogP contribution is -2.34. The molecule has 0 amide bonds. The van der Waals surface area contributed by atoms with Crippen LogP contribution in [0.1, 0.15) is 45.6 Å². The Morgan fingerprint density at radius 1 is 1.40 bits per heavy atom. The van der Waals surface area contributed by atoms with Gasteiger partial charge in [0.25, 0.3) is 0 Å². The lowest BCUT2D eigenvalue weighted by Gasteiger charge is -2.38. The lowest BCUT2D eigenvalue weighted by molar-refractivity contribution is 0.0536. The predicted octanol–water partition coefficient (Wildman–Crippen LogP) is 3.70. The average molecular weight is 278 g/mol. The molecule has 2 unspecified atom stereocenters. The fraction of sp³-hybridized carbons (Fsp3) is 0.562. The second-order valence-electron chi connectivity index (χ2n) is 6.71. The monoisotopic (exact) mass is 278 g/mol. The normalized spacial score (nSPS) is 25.2. The van der Waals surface area contributed by atoms with Gasteiger partial charge in [0.2, 0.25) is 0 Å². The molecule has 1 aromatic carbocycles. The quantitative estimate of drug-likeness (QED) is 0.654. The minimum absolute atomic E-state index is 0.0476. The first-order valence-corrected chi connectivity index (χ1v) is 7.07. The van der Waals surface area contributed by atoms with Crippen molar-refractivity contribution in [1.29, 1.82) is 5.41 Å². The summed E-state index contributed by atoms with van der Waals surface area (Å²) in [5, 5.41) is 7.30. The maximum atomic E-state index is 14.0. The molecule has 0 aliphatic heterocycles. The van der Waals surface area contributed by atoms with E-state index < -0.39 is 5.82 Å². The lowest BCUT2D eigenvalue weighted by atomic mass is 9.71. The van der Waals surface area contributed by atoms with E-state index in [0.717, 1.165) is 12.8 Å². The average Bonchev–Trinajstić information content (AvgIpc) is 2.28. The number of benzene rings is 1. The number of nitrogens with two attached hydrogens (primary N) is 1. The molecule has 2 atom stereocenters. The van der Waals surface area contributed by atoms with Crippen LogP contribution in [-0.2, 0) is 0 Å². The van der Waals surface area contributed by atoms with Crippen molar-refractivity contribution in [2.45, 2.75) is 46.1 Å². The molecule has 0 saturated heterocycles. The molecule has 1 aromatic rings. The zero-order chi connectivity index (χ0) is 14.9. The van der Waals surface area contributed by atoms with Crippen LogP contribution in [0.4, 0.5) is 4.39 Å². The van der Waals surface area contributed by atoms with Crippen LogP contribution in [0.2, 0.25) is 0 Å². The third kappa shape index (κ3) is 3.50. The summed E-state index contributed by atoms with van der Waals surface area (Å²) >= 11 is 0. The first kappa shape index (κ1) is 14.8. The second-order valence-corrected chi connectivity index (χ2v) is 6.71. The molecule has 1 fully saturated rings. The topological polar surface area (TPSA) is 59.1 Å². The Balaban J connectivity index is 2.12. The van der Waals surface area contributed by atoms with Gasteiger partial charge in [0.1, 0.15) is 5.84 Å². The van der Waals surface area contributed by atoms with Crippen LogP contribution in [0.25, 0.3) is 0 Å². The predicted molar refractivity (Wildman–Crippen MR) is 78.6 cm³/mol. The molecule has 4 heteroatoms. The minimum Gasteiger partial charge on any atom is -0.487 e. The van der Waals surface area contributed by atoms with Crippen molar-refractivity contribution in [3.05, 3.63) is 29.6 Å². The Kier molecular flexibility index (Phi) is 4.02. The Morgan fingerprint density at radius 3 is 2.65 bits per heavy atom. The largest absolute Gasteiger partial charge is 0.487 e. The van der Waals surface area contributed by atoms with Crippen LogP contribution in [0.3, 0.4) is 0 Å². The smallest absolute Gasteiger partial charge is 0.165 e. The van der Waals surface area contributed by atoms with Crippen LogP contribution in [0, 0.1) is 22.6 Å². The minimum atomic E-state index is -0.450. The molecule has 1 saturated carbocycles. The van der Waals surface area contributed by atoms with Gasteiger partial charge >= 0.3 is 0 Å². The summed E-state index contributed by atoms with van der Waals surface area (Å²) in [6, 6.07) is 4.45. The molecule has 2 rings (SSSR count). The van der Waals surface area contributed by atoms with E-state index in [2.05, 4.69) is 20.8 Å². The van der Waals surface area contributed by atoms with E-state index in [-0.39, 0.29) is 23.1 Å². The molecule has 110 valence electrons. The highest BCUT2D eigenvalue weighted by atomic mass is 19.1. The van der Waals surface area contributed by atoms with E-state index in [9.17, 15) is 4.39 Å². The molecule has 3 nitrogen and oxygen atoms in total. The molecule has 0 heterocycles. The van der Waals surface area contributed by atoms with Crippen LogP contribution >= 0.6 is 0 Å². The second kappa shape index (κ2) is 5.43. The summed E-state index contributed by atoms with van der Waals surface area (Å²) in [6.07, 6.45) is 3.12. The van der Waals surface area contributed by atoms with Crippen molar-refractivity contribution >= 4 is 5.84 Å². The number of amidine groups is 1. The number of rotatable bonds is 3. The zero-order valence-electron chi connectivity index (χ0n) is 12.4. The van der Waals surface area contributed by atoms with Crippen molar-refractivity contribution in [3.63, 3.8) is 0 Å². The van der Waals surface area contributed by atoms with Gasteiger partial charge in [-0.05, 0) is 48.8 Å². The number of nitrogen functional groups attached to an aromatic ring is 1. The third-order valence-electron chi connectivity index (χ3n) is 3.88. The zero-order valence-corrected chi connectivity index (χ0v) is 12.4. The number of halogens is 1.